The second-order valence-corrected chi connectivity index (χ2v) is 5.02. The highest BCUT2D eigenvalue weighted by atomic mass is 19.4. The molecule has 6 nitrogen and oxygen atoms in total. The predicted octanol–water partition coefficient (Wildman–Crippen LogP) is 0.718. The summed E-state index contributed by atoms with van der Waals surface area (Å²) < 4.78 is 37.9. The maximum absolute atomic E-state index is 12.6. The lowest BCUT2D eigenvalue weighted by atomic mass is 10.0. The lowest BCUT2D eigenvalue weighted by molar-refractivity contribution is -0.137. The molecule has 0 aliphatic heterocycles. The van der Waals surface area contributed by atoms with Crippen molar-refractivity contribution < 1.29 is 33.6 Å². The lowest BCUT2D eigenvalue weighted by Gasteiger charge is -2.23. The van der Waals surface area contributed by atoms with Crippen molar-refractivity contribution in [2.75, 3.05) is 0 Å². The third-order valence-corrected chi connectivity index (χ3v) is 3.28. The number of nitrogens with one attached hydrogen (secondary N) is 1. The van der Waals surface area contributed by atoms with Crippen LogP contribution in [0.25, 0.3) is 11.0 Å². The third kappa shape index (κ3) is 3.22. The van der Waals surface area contributed by atoms with Gasteiger partial charge < -0.3 is 25.4 Å². The van der Waals surface area contributed by atoms with E-state index in [1.54, 1.807) is 0 Å². The molecule has 0 radical (unpaired) electrons. The molecule has 0 aliphatic carbocycles. The Kier molecular flexibility index (Phi) is 4.43. The minimum absolute atomic E-state index is 0.0302. The number of benzene rings is 1. The fourth-order valence-corrected chi connectivity index (χ4v) is 1.98. The molecule has 0 saturated heterocycles. The maximum Gasteiger partial charge on any atom is 0.416 e. The number of halogens is 3. The van der Waals surface area contributed by atoms with Gasteiger partial charge in [-0.2, -0.15) is 13.2 Å². The first kappa shape index (κ1) is 16.7. The Morgan fingerprint density at radius 2 is 1.73 bits per heavy atom. The maximum atomic E-state index is 12.6. The van der Waals surface area contributed by atoms with Gasteiger partial charge in [-0.1, -0.05) is 0 Å². The summed E-state index contributed by atoms with van der Waals surface area (Å²) >= 11 is 0. The molecule has 0 aliphatic rings. The smallest absolute Gasteiger partial charge is 0.391 e. The first-order valence-electron chi connectivity index (χ1n) is 6.40. The second kappa shape index (κ2) is 5.84. The number of hydrogen-bond acceptors (Lipinski definition) is 5. The topological polar surface area (TPSA) is 110 Å². The van der Waals surface area contributed by atoms with E-state index in [9.17, 15) is 33.6 Å². The normalized spacial score (nSPS) is 18.2. The van der Waals surface area contributed by atoms with Crippen LogP contribution < -0.4 is 0 Å². The summed E-state index contributed by atoms with van der Waals surface area (Å²) in [4.78, 5) is 6.34. The van der Waals surface area contributed by atoms with Gasteiger partial charge in [-0.25, -0.2) is 4.98 Å². The van der Waals surface area contributed by atoms with Crippen LogP contribution in [0.2, 0.25) is 0 Å². The van der Waals surface area contributed by atoms with Gasteiger partial charge in [0, 0.05) is 0 Å². The molecule has 0 bridgehead atoms. The number of H-pyrrole nitrogens is 1. The number of aliphatic hydroxyl groups is 4. The average molecular weight is 320 g/mol. The molecule has 122 valence electrons. The average Bonchev–Trinajstić information content (AvgIpc) is 2.86. The largest absolute Gasteiger partial charge is 0.416 e. The molecule has 0 saturated carbocycles. The Morgan fingerprint density at radius 3 is 2.27 bits per heavy atom. The third-order valence-electron chi connectivity index (χ3n) is 3.28. The molecule has 4 atom stereocenters. The first-order valence-corrected chi connectivity index (χ1v) is 6.40. The van der Waals surface area contributed by atoms with Crippen molar-refractivity contribution in [3.8, 4) is 0 Å². The Bertz CT molecular complexity index is 656. The Balaban J connectivity index is 2.33. The minimum Gasteiger partial charge on any atom is -0.391 e. The summed E-state index contributed by atoms with van der Waals surface area (Å²) in [6, 6.07) is 2.80. The first-order chi connectivity index (χ1) is 10.1. The number of aromatic amines is 1. The van der Waals surface area contributed by atoms with Gasteiger partial charge in [-0.05, 0) is 25.1 Å². The van der Waals surface area contributed by atoms with Gasteiger partial charge in [0.15, 0.2) is 0 Å². The molecule has 2 unspecified atom stereocenters. The molecule has 1 aromatic carbocycles. The molecule has 1 heterocycles. The van der Waals surface area contributed by atoms with E-state index in [1.807, 2.05) is 0 Å². The van der Waals surface area contributed by atoms with Crippen molar-refractivity contribution in [2.45, 2.75) is 37.5 Å². The van der Waals surface area contributed by atoms with Crippen molar-refractivity contribution in [1.29, 1.82) is 0 Å². The van der Waals surface area contributed by atoms with E-state index in [4.69, 9.17) is 0 Å². The summed E-state index contributed by atoms with van der Waals surface area (Å²) in [6.45, 7) is 1.22. The van der Waals surface area contributed by atoms with E-state index < -0.39 is 36.2 Å². The molecule has 5 N–H and O–H groups in total. The number of nitrogens with zero attached hydrogens (tertiary/aromatic N) is 1. The van der Waals surface area contributed by atoms with Crippen molar-refractivity contribution in [2.24, 2.45) is 0 Å². The standard InChI is InChI=1S/C13H15F3N2O4/c1-5(19)9(20)10(21)11(22)12-17-7-3-2-6(13(14,15)16)4-8(7)18-12/h2-5,9-11,19-22H,1H3,(H,17,18)/t5?,9-,10-,11?/m0/s1. The van der Waals surface area contributed by atoms with E-state index in [2.05, 4.69) is 9.97 Å². The molecule has 2 rings (SSSR count). The molecule has 9 heteroatoms. The van der Waals surface area contributed by atoms with Crippen molar-refractivity contribution in [1.82, 2.24) is 9.97 Å². The van der Waals surface area contributed by atoms with Gasteiger partial charge in [-0.15, -0.1) is 0 Å². The zero-order valence-corrected chi connectivity index (χ0v) is 11.4. The Labute approximate surface area is 122 Å². The fourth-order valence-electron chi connectivity index (χ4n) is 1.98. The van der Waals surface area contributed by atoms with E-state index in [0.717, 1.165) is 18.2 Å². The monoisotopic (exact) mass is 320 g/mol. The Morgan fingerprint density at radius 1 is 1.09 bits per heavy atom. The molecule has 0 amide bonds. The van der Waals surface area contributed by atoms with E-state index in [0.29, 0.717) is 0 Å². The molecule has 1 aromatic heterocycles. The van der Waals surface area contributed by atoms with E-state index in [1.165, 1.54) is 6.92 Å². The number of alkyl halides is 3. The number of imidazole rings is 1. The summed E-state index contributed by atoms with van der Waals surface area (Å²) in [7, 11) is 0. The molecular formula is C13H15F3N2O4. The van der Waals surface area contributed by atoms with Crippen LogP contribution in [0.1, 0.15) is 24.4 Å². The number of fused-ring (bicyclic) bond motifs is 1. The SMILES string of the molecule is CC(O)[C@H](O)[C@H](O)C(O)c1nc2ccc(C(F)(F)F)cc2[nH]1. The van der Waals surface area contributed by atoms with Crippen molar-refractivity contribution in [3.63, 3.8) is 0 Å². The summed E-state index contributed by atoms with van der Waals surface area (Å²) in [5.41, 5.74) is -0.683. The summed E-state index contributed by atoms with van der Waals surface area (Å²) in [5.74, 6) is -0.207. The van der Waals surface area contributed by atoms with Gasteiger partial charge in [0.25, 0.3) is 0 Å². The second-order valence-electron chi connectivity index (χ2n) is 5.02. The zero-order valence-electron chi connectivity index (χ0n) is 11.4. The van der Waals surface area contributed by atoms with Crippen LogP contribution in [0.3, 0.4) is 0 Å². The molecule has 2 aromatic rings. The molecule has 0 fully saturated rings. The van der Waals surface area contributed by atoms with Crippen molar-refractivity contribution >= 4 is 11.0 Å². The molecule has 22 heavy (non-hydrogen) atoms. The molecule has 0 spiro atoms. The van der Waals surface area contributed by atoms with Crippen LogP contribution in [0.15, 0.2) is 18.2 Å². The van der Waals surface area contributed by atoms with Gasteiger partial charge in [0.05, 0.1) is 22.7 Å². The molecular weight excluding hydrogens is 305 g/mol. The van der Waals surface area contributed by atoms with Crippen LogP contribution in [0.5, 0.6) is 0 Å². The van der Waals surface area contributed by atoms with Crippen LogP contribution in [-0.4, -0.2) is 48.7 Å². The van der Waals surface area contributed by atoms with Crippen molar-refractivity contribution in [3.05, 3.63) is 29.6 Å². The number of aromatic nitrogens is 2. The zero-order chi connectivity index (χ0) is 16.7. The number of aliphatic hydroxyl groups excluding tert-OH is 4. The summed E-state index contributed by atoms with van der Waals surface area (Å²) in [5, 5.41) is 38.3. The van der Waals surface area contributed by atoms with Crippen LogP contribution in [0, 0.1) is 0 Å². The van der Waals surface area contributed by atoms with Gasteiger partial charge in [-0.3, -0.25) is 0 Å². The highest BCUT2D eigenvalue weighted by Gasteiger charge is 2.33. The number of rotatable bonds is 4. The van der Waals surface area contributed by atoms with E-state index in [-0.39, 0.29) is 16.9 Å². The van der Waals surface area contributed by atoms with Crippen LogP contribution in [-0.2, 0) is 6.18 Å². The van der Waals surface area contributed by atoms with Crippen LogP contribution >= 0.6 is 0 Å². The van der Waals surface area contributed by atoms with Gasteiger partial charge in [0.1, 0.15) is 24.1 Å². The highest BCUT2D eigenvalue weighted by Crippen LogP contribution is 2.31. The Hall–Kier alpha value is -1.68. The minimum atomic E-state index is -4.51. The van der Waals surface area contributed by atoms with Gasteiger partial charge in [0.2, 0.25) is 0 Å². The number of hydrogen-bond donors (Lipinski definition) is 5. The van der Waals surface area contributed by atoms with E-state index >= 15 is 0 Å². The lowest BCUT2D eigenvalue weighted by Crippen LogP contribution is -2.39. The fraction of sp³-hybridized carbons (Fsp3) is 0.462. The summed E-state index contributed by atoms with van der Waals surface area (Å²) in [6.07, 6.45) is -10.9. The quantitative estimate of drug-likeness (QED) is 0.570. The predicted molar refractivity (Wildman–Crippen MR) is 69.7 cm³/mol. The van der Waals surface area contributed by atoms with Gasteiger partial charge >= 0.3 is 6.18 Å². The highest BCUT2D eigenvalue weighted by molar-refractivity contribution is 5.76. The van der Waals surface area contributed by atoms with Crippen LogP contribution in [0.4, 0.5) is 13.2 Å².